The lowest BCUT2D eigenvalue weighted by Gasteiger charge is -1.98. The van der Waals surface area contributed by atoms with Gasteiger partial charge in [-0.15, -0.1) is 0 Å². The summed E-state index contributed by atoms with van der Waals surface area (Å²) < 4.78 is 12.7. The molecule has 0 fully saturated rings. The molecule has 0 unspecified atom stereocenters. The van der Waals surface area contributed by atoms with E-state index in [4.69, 9.17) is 23.2 Å². The summed E-state index contributed by atoms with van der Waals surface area (Å²) in [6.45, 7) is 0. The monoisotopic (exact) mass is 280 g/mol. The van der Waals surface area contributed by atoms with Gasteiger partial charge in [0.1, 0.15) is 5.82 Å². The molecule has 4 heteroatoms. The molecular weight excluding hydrogens is 278 g/mol. The van der Waals surface area contributed by atoms with E-state index >= 15 is 0 Å². The molecule has 13 heavy (non-hydrogen) atoms. The van der Waals surface area contributed by atoms with Crippen molar-refractivity contribution in [2.45, 2.75) is 0 Å². The fraction of sp³-hybridized carbons (Fsp3) is 0.111. The summed E-state index contributed by atoms with van der Waals surface area (Å²) in [5.74, 6) is 5.01. The Bertz CT molecular complexity index is 356. The molecule has 0 bridgehead atoms. The maximum atomic E-state index is 12.7. The number of benzene rings is 1. The van der Waals surface area contributed by atoms with E-state index in [2.05, 4.69) is 27.8 Å². The normalized spacial score (nSPS) is 9.23. The maximum Gasteiger partial charge on any atom is 0.126 e. The lowest BCUT2D eigenvalue weighted by Crippen LogP contribution is -1.83. The molecule has 0 aliphatic rings. The van der Waals surface area contributed by atoms with Gasteiger partial charge in [-0.1, -0.05) is 51.0 Å². The molecular formula is C9H4BrCl2F. The third kappa shape index (κ3) is 2.87. The zero-order valence-electron chi connectivity index (χ0n) is 6.37. The largest absolute Gasteiger partial charge is 0.207 e. The van der Waals surface area contributed by atoms with E-state index in [0.29, 0.717) is 10.9 Å². The molecule has 1 aromatic carbocycles. The van der Waals surface area contributed by atoms with Gasteiger partial charge >= 0.3 is 0 Å². The highest BCUT2D eigenvalue weighted by Gasteiger charge is 2.05. The average Bonchev–Trinajstić information content (AvgIpc) is 2.02. The molecule has 0 nitrogen and oxygen atoms in total. The minimum absolute atomic E-state index is 0.235. The SMILES string of the molecule is Fc1cc(Cl)c(C#CCBr)c(Cl)c1. The van der Waals surface area contributed by atoms with Crippen LogP contribution in [0.3, 0.4) is 0 Å². The first-order valence-corrected chi connectivity index (χ1v) is 5.22. The average molecular weight is 282 g/mol. The fourth-order valence-electron chi connectivity index (χ4n) is 0.783. The molecule has 0 saturated carbocycles. The fourth-order valence-corrected chi connectivity index (χ4v) is 1.48. The lowest BCUT2D eigenvalue weighted by molar-refractivity contribution is 0.628. The van der Waals surface area contributed by atoms with Gasteiger partial charge in [0, 0.05) is 0 Å². The topological polar surface area (TPSA) is 0 Å². The Hall–Kier alpha value is -0.230. The summed E-state index contributed by atoms with van der Waals surface area (Å²) in [5.41, 5.74) is 0.462. The van der Waals surface area contributed by atoms with Crippen LogP contribution >= 0.6 is 39.1 Å². The Morgan fingerprint density at radius 3 is 2.31 bits per heavy atom. The first-order chi connectivity index (χ1) is 6.15. The van der Waals surface area contributed by atoms with Gasteiger partial charge in [-0.05, 0) is 12.1 Å². The van der Waals surface area contributed by atoms with Crippen LogP contribution in [0.2, 0.25) is 10.0 Å². The zero-order valence-corrected chi connectivity index (χ0v) is 9.47. The summed E-state index contributed by atoms with van der Waals surface area (Å²) in [6.07, 6.45) is 0. The van der Waals surface area contributed by atoms with Crippen molar-refractivity contribution in [3.8, 4) is 11.8 Å². The molecule has 0 atom stereocenters. The van der Waals surface area contributed by atoms with E-state index in [9.17, 15) is 4.39 Å². The Morgan fingerprint density at radius 2 is 1.85 bits per heavy atom. The van der Waals surface area contributed by atoms with Gasteiger partial charge < -0.3 is 0 Å². The van der Waals surface area contributed by atoms with Crippen molar-refractivity contribution in [1.82, 2.24) is 0 Å². The van der Waals surface area contributed by atoms with Crippen LogP contribution < -0.4 is 0 Å². The van der Waals surface area contributed by atoms with Crippen LogP contribution in [-0.4, -0.2) is 5.33 Å². The Balaban J connectivity index is 3.21. The van der Waals surface area contributed by atoms with Crippen molar-refractivity contribution in [1.29, 1.82) is 0 Å². The van der Waals surface area contributed by atoms with Crippen LogP contribution in [0.4, 0.5) is 4.39 Å². The van der Waals surface area contributed by atoms with Crippen molar-refractivity contribution in [3.05, 3.63) is 33.6 Å². The van der Waals surface area contributed by atoms with E-state index in [1.54, 1.807) is 0 Å². The third-order valence-electron chi connectivity index (χ3n) is 1.29. The molecule has 0 radical (unpaired) electrons. The third-order valence-corrected chi connectivity index (χ3v) is 2.16. The summed E-state index contributed by atoms with van der Waals surface area (Å²) >= 11 is 14.6. The highest BCUT2D eigenvalue weighted by atomic mass is 79.9. The number of hydrogen-bond donors (Lipinski definition) is 0. The van der Waals surface area contributed by atoms with E-state index in [1.165, 1.54) is 12.1 Å². The van der Waals surface area contributed by atoms with Gasteiger partial charge in [0.15, 0.2) is 0 Å². The van der Waals surface area contributed by atoms with Gasteiger partial charge in [-0.3, -0.25) is 0 Å². The van der Waals surface area contributed by atoms with Crippen LogP contribution in [0, 0.1) is 17.7 Å². The summed E-state index contributed by atoms with van der Waals surface area (Å²) in [7, 11) is 0. The Morgan fingerprint density at radius 1 is 1.31 bits per heavy atom. The van der Waals surface area contributed by atoms with Gasteiger partial charge in [-0.25, -0.2) is 4.39 Å². The smallest absolute Gasteiger partial charge is 0.126 e. The molecule has 1 aromatic rings. The second-order valence-electron chi connectivity index (χ2n) is 2.18. The summed E-state index contributed by atoms with van der Waals surface area (Å²) in [5, 5.41) is 0.994. The van der Waals surface area contributed by atoms with Crippen LogP contribution in [0.25, 0.3) is 0 Å². The molecule has 0 saturated heterocycles. The van der Waals surface area contributed by atoms with Crippen molar-refractivity contribution in [2.24, 2.45) is 0 Å². The minimum Gasteiger partial charge on any atom is -0.207 e. The van der Waals surface area contributed by atoms with E-state index in [1.807, 2.05) is 0 Å². The highest BCUT2D eigenvalue weighted by Crippen LogP contribution is 2.24. The minimum atomic E-state index is -0.459. The summed E-state index contributed by atoms with van der Waals surface area (Å²) in [4.78, 5) is 0. The number of alkyl halides is 1. The van der Waals surface area contributed by atoms with Crippen LogP contribution in [-0.2, 0) is 0 Å². The van der Waals surface area contributed by atoms with E-state index in [-0.39, 0.29) is 10.0 Å². The van der Waals surface area contributed by atoms with Crippen LogP contribution in [0.15, 0.2) is 12.1 Å². The second-order valence-corrected chi connectivity index (χ2v) is 3.55. The van der Waals surface area contributed by atoms with Crippen molar-refractivity contribution < 1.29 is 4.39 Å². The predicted octanol–water partition coefficient (Wildman–Crippen LogP) is 3.88. The molecule has 0 aliphatic carbocycles. The van der Waals surface area contributed by atoms with Gasteiger partial charge in [0.2, 0.25) is 0 Å². The maximum absolute atomic E-state index is 12.7. The van der Waals surface area contributed by atoms with Gasteiger partial charge in [0.05, 0.1) is 20.9 Å². The molecule has 0 N–H and O–H groups in total. The summed E-state index contributed by atoms with van der Waals surface area (Å²) in [6, 6.07) is 2.37. The molecule has 68 valence electrons. The second kappa shape index (κ2) is 4.85. The zero-order chi connectivity index (χ0) is 9.84. The molecule has 1 rings (SSSR count). The first kappa shape index (κ1) is 10.8. The van der Waals surface area contributed by atoms with Crippen molar-refractivity contribution in [3.63, 3.8) is 0 Å². The number of halogens is 4. The molecule has 0 aromatic heterocycles. The van der Waals surface area contributed by atoms with Gasteiger partial charge in [-0.2, -0.15) is 0 Å². The highest BCUT2D eigenvalue weighted by molar-refractivity contribution is 9.09. The predicted molar refractivity (Wildman–Crippen MR) is 57.1 cm³/mol. The van der Waals surface area contributed by atoms with Crippen molar-refractivity contribution in [2.75, 3.05) is 5.33 Å². The number of hydrogen-bond acceptors (Lipinski definition) is 0. The van der Waals surface area contributed by atoms with Crippen LogP contribution in [0.5, 0.6) is 0 Å². The Kier molecular flexibility index (Phi) is 4.05. The first-order valence-electron chi connectivity index (χ1n) is 3.34. The van der Waals surface area contributed by atoms with E-state index < -0.39 is 5.82 Å². The standard InChI is InChI=1S/C9H4BrCl2F/c10-3-1-2-7-8(11)4-6(13)5-9(7)12/h4-5H,3H2. The molecule has 0 amide bonds. The van der Waals surface area contributed by atoms with Crippen molar-refractivity contribution >= 4 is 39.1 Å². The molecule has 0 heterocycles. The quantitative estimate of drug-likeness (QED) is 0.500. The molecule has 0 aliphatic heterocycles. The van der Waals surface area contributed by atoms with Crippen LogP contribution in [0.1, 0.15) is 5.56 Å². The molecule has 0 spiro atoms. The Labute approximate surface area is 94.2 Å². The van der Waals surface area contributed by atoms with E-state index in [0.717, 1.165) is 0 Å². The number of rotatable bonds is 0. The van der Waals surface area contributed by atoms with Gasteiger partial charge in [0.25, 0.3) is 0 Å². The lowest BCUT2D eigenvalue weighted by atomic mass is 10.2.